The summed E-state index contributed by atoms with van der Waals surface area (Å²) >= 11 is 0. The number of likely N-dealkylation sites (tertiary alicyclic amines) is 1. The molecule has 8 heteroatoms. The average molecular weight is 492 g/mol. The van der Waals surface area contributed by atoms with Crippen molar-refractivity contribution in [3.63, 3.8) is 0 Å². The van der Waals surface area contributed by atoms with Crippen molar-refractivity contribution >= 4 is 23.9 Å². The summed E-state index contributed by atoms with van der Waals surface area (Å²) in [5, 5.41) is 5.92. The number of amides is 2. The lowest BCUT2D eigenvalue weighted by molar-refractivity contribution is -0.131. The molecule has 0 aromatic carbocycles. The van der Waals surface area contributed by atoms with Crippen LogP contribution in [0.25, 0.3) is 0 Å². The summed E-state index contributed by atoms with van der Waals surface area (Å²) in [5.41, 5.74) is 0. The monoisotopic (exact) mass is 491 g/mol. The number of fused-ring (bicyclic) bond motifs is 1. The normalized spacial score (nSPS) is 23.7. The fraction of sp³-hybridized carbons (Fsp3) is 0.778. The minimum Gasteiger partial charge on any atom is -0.364 e. The van der Waals surface area contributed by atoms with E-state index in [4.69, 9.17) is 4.74 Å². The summed E-state index contributed by atoms with van der Waals surface area (Å²) in [6.45, 7) is 12.9. The van der Waals surface area contributed by atoms with E-state index in [9.17, 15) is 19.2 Å². The lowest BCUT2D eigenvalue weighted by Crippen LogP contribution is -2.54. The van der Waals surface area contributed by atoms with Crippen molar-refractivity contribution < 1.29 is 23.9 Å². The highest BCUT2D eigenvalue weighted by Crippen LogP contribution is 2.41. The minimum absolute atomic E-state index is 0.0268. The lowest BCUT2D eigenvalue weighted by Gasteiger charge is -2.29. The molecule has 1 saturated carbocycles. The number of carbonyl (C=O) groups is 4. The number of rotatable bonds is 16. The van der Waals surface area contributed by atoms with E-state index in [1.807, 2.05) is 27.7 Å². The third-order valence-corrected chi connectivity index (χ3v) is 7.44. The highest BCUT2D eigenvalue weighted by atomic mass is 16.5. The van der Waals surface area contributed by atoms with Gasteiger partial charge in [-0.15, -0.1) is 0 Å². The maximum atomic E-state index is 13.0. The molecule has 1 aliphatic heterocycles. The Morgan fingerprint density at radius 1 is 1.06 bits per heavy atom. The fourth-order valence-corrected chi connectivity index (χ4v) is 5.20. The molecule has 2 rings (SSSR count). The van der Waals surface area contributed by atoms with Gasteiger partial charge in [-0.3, -0.25) is 19.3 Å². The molecule has 0 bridgehead atoms. The molecule has 1 saturated heterocycles. The Morgan fingerprint density at radius 3 is 2.40 bits per heavy atom. The molecule has 2 unspecified atom stereocenters. The van der Waals surface area contributed by atoms with Gasteiger partial charge in [-0.25, -0.2) is 0 Å². The van der Waals surface area contributed by atoms with Crippen LogP contribution in [0, 0.1) is 23.7 Å². The van der Waals surface area contributed by atoms with Crippen LogP contribution in [-0.2, 0) is 23.9 Å². The van der Waals surface area contributed by atoms with Crippen LogP contribution in [0.15, 0.2) is 12.7 Å². The minimum atomic E-state index is -0.643. The molecule has 2 amide bonds. The van der Waals surface area contributed by atoms with Crippen LogP contribution in [0.2, 0.25) is 0 Å². The smallest absolute Gasteiger partial charge is 0.243 e. The molecule has 0 aromatic heterocycles. The van der Waals surface area contributed by atoms with Gasteiger partial charge < -0.3 is 20.2 Å². The molecule has 2 aliphatic rings. The zero-order chi connectivity index (χ0) is 26.0. The predicted molar refractivity (Wildman–Crippen MR) is 135 cm³/mol. The van der Waals surface area contributed by atoms with E-state index in [-0.39, 0.29) is 47.9 Å². The Labute approximate surface area is 210 Å². The summed E-state index contributed by atoms with van der Waals surface area (Å²) in [4.78, 5) is 50.5. The number of ether oxygens (including phenoxy) is 1. The fourth-order valence-electron chi connectivity index (χ4n) is 5.20. The van der Waals surface area contributed by atoms with E-state index in [0.717, 1.165) is 19.3 Å². The topological polar surface area (TPSA) is 105 Å². The number of hydrogen-bond acceptors (Lipinski definition) is 6. The van der Waals surface area contributed by atoms with Gasteiger partial charge >= 0.3 is 0 Å². The van der Waals surface area contributed by atoms with Crippen molar-refractivity contribution in [3.8, 4) is 0 Å². The predicted octanol–water partition coefficient (Wildman–Crippen LogP) is 2.86. The van der Waals surface area contributed by atoms with Gasteiger partial charge in [0, 0.05) is 19.4 Å². The highest BCUT2D eigenvalue weighted by molar-refractivity contribution is 5.89. The van der Waals surface area contributed by atoms with E-state index >= 15 is 0 Å². The molecule has 1 heterocycles. The second kappa shape index (κ2) is 14.5. The Bertz CT molecular complexity index is 738. The van der Waals surface area contributed by atoms with E-state index in [1.165, 1.54) is 18.9 Å². The quantitative estimate of drug-likeness (QED) is 0.195. The van der Waals surface area contributed by atoms with Crippen LogP contribution in [0.1, 0.15) is 72.6 Å². The van der Waals surface area contributed by atoms with Crippen molar-refractivity contribution in [2.24, 2.45) is 23.7 Å². The first-order valence-electron chi connectivity index (χ1n) is 13.2. The van der Waals surface area contributed by atoms with Gasteiger partial charge in [-0.05, 0) is 55.4 Å². The number of ketones is 1. The zero-order valence-corrected chi connectivity index (χ0v) is 22.0. The van der Waals surface area contributed by atoms with Crippen LogP contribution in [-0.4, -0.2) is 66.8 Å². The molecule has 2 fully saturated rings. The van der Waals surface area contributed by atoms with Gasteiger partial charge in [0.25, 0.3) is 0 Å². The molecular formula is C27H45N3O5. The molecule has 5 atom stereocenters. The second-order valence-corrected chi connectivity index (χ2v) is 10.8. The zero-order valence-electron chi connectivity index (χ0n) is 22.0. The molecule has 0 spiro atoms. The number of allylic oxidation sites excluding steroid dienone is 1. The lowest BCUT2D eigenvalue weighted by atomic mass is 9.95. The maximum absolute atomic E-state index is 13.0. The van der Waals surface area contributed by atoms with Crippen molar-refractivity contribution in [2.75, 3.05) is 19.9 Å². The van der Waals surface area contributed by atoms with Gasteiger partial charge in [0.1, 0.15) is 12.3 Å². The largest absolute Gasteiger partial charge is 0.364 e. The molecule has 0 radical (unpaired) electrons. The maximum Gasteiger partial charge on any atom is 0.243 e. The third-order valence-electron chi connectivity index (χ3n) is 7.44. The summed E-state index contributed by atoms with van der Waals surface area (Å²) in [5.74, 6) is 0.667. The number of nitrogens with zero attached hydrogens (tertiary/aromatic N) is 1. The van der Waals surface area contributed by atoms with Gasteiger partial charge in [0.15, 0.2) is 5.78 Å². The van der Waals surface area contributed by atoms with Gasteiger partial charge in [0.2, 0.25) is 11.8 Å². The van der Waals surface area contributed by atoms with Crippen molar-refractivity contribution in [1.82, 2.24) is 15.5 Å². The Morgan fingerprint density at radius 2 is 1.77 bits per heavy atom. The van der Waals surface area contributed by atoms with Crippen LogP contribution < -0.4 is 10.6 Å². The van der Waals surface area contributed by atoms with Crippen LogP contribution in [0.5, 0.6) is 0 Å². The van der Waals surface area contributed by atoms with Gasteiger partial charge in [-0.1, -0.05) is 40.7 Å². The molecule has 1 aliphatic carbocycles. The standard InChI is InChI=1S/C27H45N3O5/c1-6-21(32)11-7-8-13-25(33)29-26(19(4)5)27(34)28-23(18(2)3)16-35-17-30-14-20-10-9-12-22(20)24(30)15-31/h6,15,18-20,22-24,26H,1,7-14,16-17H2,2-5H3,(H,28,34)(H,29,33)/t20-,22-,23?,24?,26-/m0/s1. The van der Waals surface area contributed by atoms with Crippen LogP contribution >= 0.6 is 0 Å². The van der Waals surface area contributed by atoms with Crippen LogP contribution in [0.4, 0.5) is 0 Å². The number of carbonyl (C=O) groups excluding carboxylic acids is 4. The number of hydrogen-bond donors (Lipinski definition) is 2. The first-order valence-corrected chi connectivity index (χ1v) is 13.2. The second-order valence-electron chi connectivity index (χ2n) is 10.8. The molecule has 8 nitrogen and oxygen atoms in total. The van der Waals surface area contributed by atoms with E-state index < -0.39 is 6.04 Å². The molecule has 2 N–H and O–H groups in total. The van der Waals surface area contributed by atoms with Gasteiger partial charge in [-0.2, -0.15) is 0 Å². The number of nitrogens with one attached hydrogen (secondary N) is 2. The SMILES string of the molecule is C=CC(=O)CCCCC(=O)N[C@H](C(=O)NC(COCN1C[C@@H]2CCC[C@@H]2C1C=O)C(C)C)C(C)C. The Balaban J connectivity index is 1.81. The highest BCUT2D eigenvalue weighted by Gasteiger charge is 2.43. The Kier molecular flexibility index (Phi) is 12.1. The van der Waals surface area contributed by atoms with Crippen molar-refractivity contribution in [3.05, 3.63) is 12.7 Å². The summed E-state index contributed by atoms with van der Waals surface area (Å²) in [7, 11) is 0. The van der Waals surface area contributed by atoms with E-state index in [0.29, 0.717) is 44.4 Å². The average Bonchev–Trinajstić information content (AvgIpc) is 3.39. The van der Waals surface area contributed by atoms with E-state index in [2.05, 4.69) is 22.1 Å². The molecular weight excluding hydrogens is 446 g/mol. The molecule has 0 aromatic rings. The number of aldehydes is 1. The van der Waals surface area contributed by atoms with Crippen LogP contribution in [0.3, 0.4) is 0 Å². The van der Waals surface area contributed by atoms with Crippen molar-refractivity contribution in [2.45, 2.75) is 90.8 Å². The van der Waals surface area contributed by atoms with Gasteiger partial charge in [0.05, 0.1) is 25.4 Å². The first-order chi connectivity index (χ1) is 16.7. The molecule has 198 valence electrons. The Hall–Kier alpha value is -2.06. The number of unbranched alkanes of at least 4 members (excludes halogenated alkanes) is 1. The first kappa shape index (κ1) is 29.2. The molecule has 35 heavy (non-hydrogen) atoms. The van der Waals surface area contributed by atoms with Crippen molar-refractivity contribution in [1.29, 1.82) is 0 Å². The summed E-state index contributed by atoms with van der Waals surface area (Å²) in [6, 6.07) is -0.914. The summed E-state index contributed by atoms with van der Waals surface area (Å²) in [6.07, 6.45) is 7.72. The summed E-state index contributed by atoms with van der Waals surface area (Å²) < 4.78 is 5.98. The van der Waals surface area contributed by atoms with E-state index in [1.54, 1.807) is 0 Å². The third kappa shape index (κ3) is 8.83.